The van der Waals surface area contributed by atoms with E-state index in [1.54, 1.807) is 0 Å². The van der Waals surface area contributed by atoms with Crippen molar-refractivity contribution in [3.63, 3.8) is 0 Å². The quantitative estimate of drug-likeness (QED) is 0.722. The molecule has 0 aromatic heterocycles. The number of carbonyl (C=O) groups is 1. The normalized spacial score (nSPS) is 63.9. The van der Waals surface area contributed by atoms with Crippen LogP contribution < -0.4 is 0 Å². The van der Waals surface area contributed by atoms with E-state index in [-0.39, 0.29) is 28.5 Å². The molecule has 0 aromatic carbocycles. The lowest BCUT2D eigenvalue weighted by Crippen LogP contribution is -2.64. The highest BCUT2D eigenvalue weighted by atomic mass is 16.6. The number of aliphatic carboxylic acids is 1. The molecule has 1 saturated heterocycles. The molecule has 4 heteroatoms. The van der Waals surface area contributed by atoms with Crippen molar-refractivity contribution in [2.45, 2.75) is 83.5 Å². The lowest BCUT2D eigenvalue weighted by Gasteiger charge is -2.65. The molecule has 0 aromatic rings. The van der Waals surface area contributed by atoms with Gasteiger partial charge in [0.2, 0.25) is 0 Å². The smallest absolute Gasteiger partial charge is 0.309 e. The van der Waals surface area contributed by atoms with Crippen LogP contribution in [-0.4, -0.2) is 34.0 Å². The summed E-state index contributed by atoms with van der Waals surface area (Å²) < 4.78 is 6.19. The summed E-state index contributed by atoms with van der Waals surface area (Å²) >= 11 is 0. The number of hydrogen-bond donors (Lipinski definition) is 2. The van der Waals surface area contributed by atoms with Crippen molar-refractivity contribution in [2.75, 3.05) is 0 Å². The predicted molar refractivity (Wildman–Crippen MR) is 88.4 cm³/mol. The Hall–Kier alpha value is -0.610. The molecule has 4 aliphatic carbocycles. The zero-order valence-corrected chi connectivity index (χ0v) is 15.0. The van der Waals surface area contributed by atoms with Gasteiger partial charge in [-0.3, -0.25) is 4.79 Å². The molecule has 5 rings (SSSR count). The van der Waals surface area contributed by atoms with E-state index in [4.69, 9.17) is 4.74 Å². The summed E-state index contributed by atoms with van der Waals surface area (Å²) in [5.41, 5.74) is -0.797. The zero-order chi connectivity index (χ0) is 17.1. The van der Waals surface area contributed by atoms with Gasteiger partial charge in [0.1, 0.15) is 0 Å². The Morgan fingerprint density at radius 2 is 1.88 bits per heavy atom. The van der Waals surface area contributed by atoms with Crippen molar-refractivity contribution in [1.29, 1.82) is 0 Å². The highest BCUT2D eigenvalue weighted by Crippen LogP contribution is 2.77. The number of hydrogen-bond acceptors (Lipinski definition) is 3. The lowest BCUT2D eigenvalue weighted by atomic mass is 9.40. The molecule has 0 radical (unpaired) electrons. The Bertz CT molecular complexity index is 619. The van der Waals surface area contributed by atoms with Gasteiger partial charge in [0, 0.05) is 5.41 Å². The molecule has 9 atom stereocenters. The van der Waals surface area contributed by atoms with Gasteiger partial charge in [-0.15, -0.1) is 0 Å². The fourth-order valence-electron chi connectivity index (χ4n) is 8.30. The average Bonchev–Trinajstić information content (AvgIpc) is 3.19. The number of carboxylic acid groups (broad SMARTS) is 1. The third kappa shape index (κ3) is 1.45. The number of fused-ring (bicyclic) bond motifs is 5. The van der Waals surface area contributed by atoms with Gasteiger partial charge < -0.3 is 14.9 Å². The second-order valence-electron chi connectivity index (χ2n) is 10.2. The molecule has 4 nitrogen and oxygen atoms in total. The Kier molecular flexibility index (Phi) is 2.73. The molecule has 9 unspecified atom stereocenters. The van der Waals surface area contributed by atoms with Crippen LogP contribution >= 0.6 is 0 Å². The van der Waals surface area contributed by atoms with Crippen LogP contribution in [0.2, 0.25) is 0 Å². The number of rotatable bonds is 1. The summed E-state index contributed by atoms with van der Waals surface area (Å²) in [6.45, 7) is 6.51. The fraction of sp³-hybridized carbons (Fsp3) is 0.950. The minimum Gasteiger partial charge on any atom is -0.481 e. The maximum atomic E-state index is 12.1. The van der Waals surface area contributed by atoms with Gasteiger partial charge in [0.25, 0.3) is 0 Å². The van der Waals surface area contributed by atoms with Crippen LogP contribution in [0.15, 0.2) is 0 Å². The van der Waals surface area contributed by atoms with Crippen LogP contribution in [0.1, 0.15) is 65.7 Å². The van der Waals surface area contributed by atoms with E-state index in [0.717, 1.165) is 32.1 Å². The summed E-state index contributed by atoms with van der Waals surface area (Å²) in [4.78, 5) is 12.1. The number of aliphatic hydroxyl groups is 1. The molecular weight excluding hydrogens is 304 g/mol. The molecule has 24 heavy (non-hydrogen) atoms. The van der Waals surface area contributed by atoms with E-state index in [9.17, 15) is 15.0 Å². The van der Waals surface area contributed by atoms with Crippen molar-refractivity contribution in [1.82, 2.24) is 0 Å². The van der Waals surface area contributed by atoms with Gasteiger partial charge in [0.05, 0.1) is 23.2 Å². The Labute approximate surface area is 144 Å². The first-order valence-electron chi connectivity index (χ1n) is 9.79. The van der Waals surface area contributed by atoms with Crippen LogP contribution in [0, 0.1) is 34.0 Å². The van der Waals surface area contributed by atoms with E-state index in [0.29, 0.717) is 18.3 Å². The van der Waals surface area contributed by atoms with Crippen molar-refractivity contribution in [3.05, 3.63) is 0 Å². The second-order valence-corrected chi connectivity index (χ2v) is 10.2. The number of aliphatic hydroxyl groups excluding tert-OH is 1. The Morgan fingerprint density at radius 3 is 2.58 bits per heavy atom. The van der Waals surface area contributed by atoms with E-state index in [1.165, 1.54) is 6.42 Å². The Morgan fingerprint density at radius 1 is 1.12 bits per heavy atom. The molecule has 1 aliphatic heterocycles. The molecular formula is C20H30O4. The molecule has 1 heterocycles. The first-order valence-corrected chi connectivity index (χ1v) is 9.79. The minimum absolute atomic E-state index is 0.0102. The Balaban J connectivity index is 1.62. The molecule has 2 bridgehead atoms. The lowest BCUT2D eigenvalue weighted by molar-refractivity contribution is -0.220. The monoisotopic (exact) mass is 334 g/mol. The van der Waals surface area contributed by atoms with Gasteiger partial charge in [-0.2, -0.15) is 0 Å². The van der Waals surface area contributed by atoms with Crippen LogP contribution in [0.3, 0.4) is 0 Å². The van der Waals surface area contributed by atoms with Gasteiger partial charge in [-0.1, -0.05) is 13.3 Å². The largest absolute Gasteiger partial charge is 0.481 e. The minimum atomic E-state index is -0.696. The van der Waals surface area contributed by atoms with E-state index < -0.39 is 17.5 Å². The third-order valence-corrected chi connectivity index (χ3v) is 9.53. The van der Waals surface area contributed by atoms with Gasteiger partial charge >= 0.3 is 5.97 Å². The maximum absolute atomic E-state index is 12.1. The summed E-state index contributed by atoms with van der Waals surface area (Å²) in [6, 6.07) is 0. The van der Waals surface area contributed by atoms with E-state index in [1.807, 2.05) is 6.92 Å². The van der Waals surface area contributed by atoms with Crippen LogP contribution in [-0.2, 0) is 9.53 Å². The summed E-state index contributed by atoms with van der Waals surface area (Å²) in [7, 11) is 0. The average molecular weight is 334 g/mol. The number of epoxide rings is 1. The third-order valence-electron chi connectivity index (χ3n) is 9.53. The van der Waals surface area contributed by atoms with Crippen LogP contribution in [0.4, 0.5) is 0 Å². The molecule has 134 valence electrons. The zero-order valence-electron chi connectivity index (χ0n) is 15.0. The van der Waals surface area contributed by atoms with E-state index in [2.05, 4.69) is 13.8 Å². The van der Waals surface area contributed by atoms with Crippen molar-refractivity contribution in [3.8, 4) is 0 Å². The molecule has 5 fully saturated rings. The van der Waals surface area contributed by atoms with Crippen molar-refractivity contribution < 1.29 is 19.7 Å². The fourth-order valence-corrected chi connectivity index (χ4v) is 8.30. The van der Waals surface area contributed by atoms with Crippen molar-refractivity contribution in [2.24, 2.45) is 34.0 Å². The predicted octanol–water partition coefficient (Wildman–Crippen LogP) is 3.22. The second kappa shape index (κ2) is 4.20. The SMILES string of the molecule is CC1(C(=O)O)CCCC2(C)C1CC(O)C13CC(CCC21)C1(C)OC13. The maximum Gasteiger partial charge on any atom is 0.309 e. The highest BCUT2D eigenvalue weighted by molar-refractivity contribution is 5.75. The molecule has 2 N–H and O–H groups in total. The molecule has 0 amide bonds. The van der Waals surface area contributed by atoms with E-state index >= 15 is 0 Å². The van der Waals surface area contributed by atoms with Gasteiger partial charge in [-0.05, 0) is 75.5 Å². The molecule has 5 aliphatic rings. The number of ether oxygens (including phenoxy) is 1. The first kappa shape index (κ1) is 15.6. The van der Waals surface area contributed by atoms with Crippen LogP contribution in [0.25, 0.3) is 0 Å². The standard InChI is InChI=1S/C20H30O4/c1-17-7-4-8-18(2,16(22)23)13(17)9-14(21)20-10-11(5-6-12(17)20)19(3)15(20)24-19/h11-15,21H,4-10H2,1-3H3,(H,22,23). The summed E-state index contributed by atoms with van der Waals surface area (Å²) in [5, 5.41) is 21.2. The van der Waals surface area contributed by atoms with Gasteiger partial charge in [-0.25, -0.2) is 0 Å². The van der Waals surface area contributed by atoms with Crippen molar-refractivity contribution >= 4 is 5.97 Å². The topological polar surface area (TPSA) is 70.1 Å². The first-order chi connectivity index (χ1) is 11.2. The summed E-state index contributed by atoms with van der Waals surface area (Å²) in [6.07, 6.45) is 6.68. The van der Waals surface area contributed by atoms with Gasteiger partial charge in [0.15, 0.2) is 0 Å². The highest BCUT2D eigenvalue weighted by Gasteiger charge is 2.81. The molecule has 4 saturated carbocycles. The summed E-state index contributed by atoms with van der Waals surface area (Å²) in [5.74, 6) is 0.393. The van der Waals surface area contributed by atoms with Crippen LogP contribution in [0.5, 0.6) is 0 Å². The molecule has 1 spiro atoms. The number of carboxylic acids is 1.